The monoisotopic (exact) mass is 321 g/mol. The maximum Gasteiger partial charge on any atom is 0.388 e. The van der Waals surface area contributed by atoms with E-state index in [-0.39, 0.29) is 5.76 Å². The molecule has 0 aliphatic heterocycles. The van der Waals surface area contributed by atoms with Crippen molar-refractivity contribution in [3.63, 3.8) is 0 Å². The van der Waals surface area contributed by atoms with Crippen LogP contribution in [0.1, 0.15) is 53.4 Å². The molecule has 1 N–H and O–H groups in total. The Bertz CT molecular complexity index is 478. The molecule has 0 fully saturated rings. The van der Waals surface area contributed by atoms with Crippen LogP contribution in [0.15, 0.2) is 46.9 Å². The molecule has 0 aliphatic carbocycles. The molecule has 0 radical (unpaired) electrons. The standard InChI is InChI=1S/C18H28N2OS/c1-15(2)7-5-8-16(3)9-6-10-17(4)11-12-22-14-18(21)13-20-19/h7,9,11,13H,5-6,8,10,12,14H2,1-4H3/p+1/b16-9-,17-11+,18-13+. The maximum absolute atomic E-state index is 9.28. The third-order valence-corrected chi connectivity index (χ3v) is 4.03. The minimum absolute atomic E-state index is 0.0912. The van der Waals surface area contributed by atoms with Crippen LogP contribution in [0.5, 0.6) is 0 Å². The van der Waals surface area contributed by atoms with E-state index in [2.05, 4.69) is 50.9 Å². The van der Waals surface area contributed by atoms with E-state index in [0.29, 0.717) is 5.75 Å². The highest BCUT2D eigenvalue weighted by molar-refractivity contribution is 7.99. The van der Waals surface area contributed by atoms with Gasteiger partial charge in [0.2, 0.25) is 5.39 Å². The summed E-state index contributed by atoms with van der Waals surface area (Å²) in [5.41, 5.74) is 4.22. The van der Waals surface area contributed by atoms with E-state index in [0.717, 1.165) is 37.6 Å². The average molecular weight is 322 g/mol. The number of hydrogen-bond acceptors (Lipinski definition) is 3. The first-order valence-electron chi connectivity index (χ1n) is 7.70. The van der Waals surface area contributed by atoms with Crippen molar-refractivity contribution in [1.82, 2.24) is 0 Å². The first-order valence-corrected chi connectivity index (χ1v) is 8.85. The number of thioether (sulfide) groups is 1. The van der Waals surface area contributed by atoms with Crippen LogP contribution in [0.2, 0.25) is 0 Å². The second kappa shape index (κ2) is 13.2. The van der Waals surface area contributed by atoms with Crippen molar-refractivity contribution in [2.45, 2.75) is 53.4 Å². The van der Waals surface area contributed by atoms with Crippen LogP contribution in [0.3, 0.4) is 0 Å². The summed E-state index contributed by atoms with van der Waals surface area (Å²) in [5.74, 6) is 1.42. The summed E-state index contributed by atoms with van der Waals surface area (Å²) < 4.78 is 0. The molecule has 0 aromatic carbocycles. The van der Waals surface area contributed by atoms with Crippen molar-refractivity contribution in [3.05, 3.63) is 51.9 Å². The van der Waals surface area contributed by atoms with Crippen LogP contribution in [-0.4, -0.2) is 16.6 Å². The number of hydrogen-bond donors (Lipinski definition) is 1. The van der Waals surface area contributed by atoms with Gasteiger partial charge in [0, 0.05) is 5.75 Å². The van der Waals surface area contributed by atoms with Gasteiger partial charge in [-0.15, -0.1) is 11.8 Å². The molecule has 0 aromatic rings. The minimum atomic E-state index is 0.0912. The second-order valence-corrected chi connectivity index (χ2v) is 6.74. The van der Waals surface area contributed by atoms with E-state index in [1.807, 2.05) is 0 Å². The van der Waals surface area contributed by atoms with Gasteiger partial charge in [0.15, 0.2) is 10.7 Å². The summed E-state index contributed by atoms with van der Waals surface area (Å²) in [5, 5.41) is 17.5. The van der Waals surface area contributed by atoms with Crippen LogP contribution >= 0.6 is 11.8 Å². The molecule has 0 bridgehead atoms. The molecule has 3 nitrogen and oxygen atoms in total. The Labute approximate surface area is 139 Å². The highest BCUT2D eigenvalue weighted by Gasteiger charge is 1.98. The normalized spacial score (nSPS) is 13.0. The number of aliphatic hydroxyl groups is 1. The lowest BCUT2D eigenvalue weighted by Crippen LogP contribution is -1.86. The van der Waals surface area contributed by atoms with Crippen molar-refractivity contribution in [2.75, 3.05) is 11.5 Å². The van der Waals surface area contributed by atoms with Crippen molar-refractivity contribution >= 4 is 11.8 Å². The van der Waals surface area contributed by atoms with Crippen molar-refractivity contribution in [2.24, 2.45) is 0 Å². The van der Waals surface area contributed by atoms with Gasteiger partial charge in [0.25, 0.3) is 0 Å². The zero-order valence-electron chi connectivity index (χ0n) is 14.3. The molecule has 4 heteroatoms. The lowest BCUT2D eigenvalue weighted by molar-refractivity contribution is 0.417. The van der Waals surface area contributed by atoms with Gasteiger partial charge in [-0.05, 0) is 53.4 Å². The lowest BCUT2D eigenvalue weighted by Gasteiger charge is -2.01. The molecular formula is C18H29N2OS+. The Morgan fingerprint density at radius 1 is 1.00 bits per heavy atom. The Morgan fingerprint density at radius 2 is 1.59 bits per heavy atom. The summed E-state index contributed by atoms with van der Waals surface area (Å²) >= 11 is 1.60. The predicted molar refractivity (Wildman–Crippen MR) is 98.5 cm³/mol. The van der Waals surface area contributed by atoms with Crippen LogP contribution < -0.4 is 0 Å². The molecule has 0 atom stereocenters. The molecule has 0 heterocycles. The summed E-state index contributed by atoms with van der Waals surface area (Å²) in [6.07, 6.45) is 12.3. The number of allylic oxidation sites excluding steroid dienone is 5. The number of nitrogens with zero attached hydrogens (tertiary/aromatic N) is 2. The van der Waals surface area contributed by atoms with E-state index in [4.69, 9.17) is 5.39 Å². The van der Waals surface area contributed by atoms with Crippen LogP contribution in [0, 0.1) is 5.39 Å². The van der Waals surface area contributed by atoms with E-state index >= 15 is 0 Å². The van der Waals surface area contributed by atoms with Gasteiger partial charge in [-0.2, -0.15) is 0 Å². The number of rotatable bonds is 10. The molecule has 0 rings (SSSR count). The van der Waals surface area contributed by atoms with Gasteiger partial charge in [0.05, 0.1) is 5.75 Å². The van der Waals surface area contributed by atoms with Crippen LogP contribution in [0.25, 0.3) is 4.98 Å². The summed E-state index contributed by atoms with van der Waals surface area (Å²) in [7, 11) is 0. The van der Waals surface area contributed by atoms with E-state index in [1.54, 1.807) is 11.8 Å². The summed E-state index contributed by atoms with van der Waals surface area (Å²) in [6.45, 7) is 8.62. The van der Waals surface area contributed by atoms with E-state index < -0.39 is 0 Å². The average Bonchev–Trinajstić information content (AvgIpc) is 2.43. The Morgan fingerprint density at radius 3 is 2.18 bits per heavy atom. The van der Waals surface area contributed by atoms with Crippen molar-refractivity contribution in [3.8, 4) is 0 Å². The fourth-order valence-electron chi connectivity index (χ4n) is 1.81. The molecular weight excluding hydrogens is 292 g/mol. The van der Waals surface area contributed by atoms with Gasteiger partial charge in [-0.25, -0.2) is 0 Å². The Balaban J connectivity index is 3.90. The highest BCUT2D eigenvalue weighted by Crippen LogP contribution is 2.13. The summed E-state index contributed by atoms with van der Waals surface area (Å²) in [4.78, 5) is 2.79. The quantitative estimate of drug-likeness (QED) is 0.219. The lowest BCUT2D eigenvalue weighted by atomic mass is 10.1. The van der Waals surface area contributed by atoms with Crippen molar-refractivity contribution in [1.29, 1.82) is 5.39 Å². The number of aliphatic hydroxyl groups excluding tert-OH is 1. The van der Waals surface area contributed by atoms with Gasteiger partial charge < -0.3 is 5.11 Å². The molecule has 22 heavy (non-hydrogen) atoms. The first kappa shape index (κ1) is 20.5. The molecule has 0 aromatic heterocycles. The topological polar surface area (TPSA) is 48.4 Å². The van der Waals surface area contributed by atoms with Gasteiger partial charge in [-0.1, -0.05) is 34.9 Å². The highest BCUT2D eigenvalue weighted by atomic mass is 32.2. The molecule has 0 saturated carbocycles. The molecule has 0 saturated heterocycles. The third-order valence-electron chi connectivity index (χ3n) is 3.13. The third kappa shape index (κ3) is 13.5. The zero-order valence-corrected chi connectivity index (χ0v) is 15.1. The molecule has 0 spiro atoms. The fraction of sp³-hybridized carbons (Fsp3) is 0.556. The smallest absolute Gasteiger partial charge is 0.388 e. The zero-order chi connectivity index (χ0) is 16.8. The van der Waals surface area contributed by atoms with Gasteiger partial charge >= 0.3 is 6.20 Å². The van der Waals surface area contributed by atoms with Crippen LogP contribution in [0.4, 0.5) is 0 Å². The summed E-state index contributed by atoms with van der Waals surface area (Å²) in [6, 6.07) is 0. The van der Waals surface area contributed by atoms with E-state index in [1.165, 1.54) is 16.7 Å². The Kier molecular flexibility index (Phi) is 12.3. The Hall–Kier alpha value is -1.47. The SMILES string of the molecule is CC(C)=CCC/C(C)=C\CC/C(C)=C/CSC/C(O)=C\[N+]#N. The first-order chi connectivity index (χ1) is 10.5. The van der Waals surface area contributed by atoms with Crippen molar-refractivity contribution < 1.29 is 5.11 Å². The predicted octanol–water partition coefficient (Wildman–Crippen LogP) is 6.39. The molecule has 0 amide bonds. The largest absolute Gasteiger partial charge is 0.505 e. The maximum atomic E-state index is 9.28. The van der Waals surface area contributed by atoms with Crippen LogP contribution in [-0.2, 0) is 0 Å². The fourth-order valence-corrected chi connectivity index (χ4v) is 2.61. The minimum Gasteiger partial charge on any atom is -0.505 e. The second-order valence-electron chi connectivity index (χ2n) is 5.71. The molecule has 0 unspecified atom stereocenters. The van der Waals surface area contributed by atoms with Gasteiger partial charge in [0.1, 0.15) is 0 Å². The van der Waals surface area contributed by atoms with Gasteiger partial charge in [-0.3, -0.25) is 0 Å². The molecule has 122 valence electrons. The van der Waals surface area contributed by atoms with E-state index in [9.17, 15) is 5.11 Å². The molecule has 0 aliphatic rings. The number of diazo groups is 1.